The standard InChI is InChI=1S/C16H12N4OS2/c1-2-5-13(6-3-1)20-9-8-12(19-20)11-23-16-18-17-15(21-16)14-7-4-10-22-14/h1-10H,11H2. The van der Waals surface area contributed by atoms with Crippen LogP contribution in [0.5, 0.6) is 0 Å². The number of aromatic nitrogens is 4. The SMILES string of the molecule is c1ccc(-n2ccc(CSc3nnc(-c4cccs4)o3)n2)cc1. The predicted molar refractivity (Wildman–Crippen MR) is 90.7 cm³/mol. The number of thiophene rings is 1. The van der Waals surface area contributed by atoms with Crippen LogP contribution in [-0.2, 0) is 5.75 Å². The minimum Gasteiger partial charge on any atom is -0.410 e. The van der Waals surface area contributed by atoms with Crippen molar-refractivity contribution in [1.29, 1.82) is 0 Å². The van der Waals surface area contributed by atoms with Gasteiger partial charge in [0.2, 0.25) is 0 Å². The number of benzene rings is 1. The Morgan fingerprint density at radius 1 is 1.04 bits per heavy atom. The van der Waals surface area contributed by atoms with E-state index in [9.17, 15) is 0 Å². The van der Waals surface area contributed by atoms with Crippen molar-refractivity contribution >= 4 is 23.1 Å². The highest BCUT2D eigenvalue weighted by atomic mass is 32.2. The molecule has 0 aliphatic carbocycles. The summed E-state index contributed by atoms with van der Waals surface area (Å²) < 4.78 is 7.52. The van der Waals surface area contributed by atoms with E-state index < -0.39 is 0 Å². The van der Waals surface area contributed by atoms with Crippen molar-refractivity contribution in [2.45, 2.75) is 11.0 Å². The Bertz CT molecular complexity index is 884. The lowest BCUT2D eigenvalue weighted by Crippen LogP contribution is -1.94. The van der Waals surface area contributed by atoms with E-state index in [1.165, 1.54) is 11.8 Å². The molecule has 0 saturated heterocycles. The fourth-order valence-corrected chi connectivity index (χ4v) is 3.37. The van der Waals surface area contributed by atoms with Crippen molar-refractivity contribution in [2.24, 2.45) is 0 Å². The van der Waals surface area contributed by atoms with Gasteiger partial charge < -0.3 is 4.42 Å². The average Bonchev–Trinajstić information content (AvgIpc) is 3.33. The highest BCUT2D eigenvalue weighted by Crippen LogP contribution is 2.27. The molecule has 4 aromatic rings. The van der Waals surface area contributed by atoms with Crippen molar-refractivity contribution in [3.63, 3.8) is 0 Å². The van der Waals surface area contributed by atoms with Crippen LogP contribution in [0, 0.1) is 0 Å². The van der Waals surface area contributed by atoms with Crippen LogP contribution in [0.2, 0.25) is 0 Å². The number of thioether (sulfide) groups is 1. The van der Waals surface area contributed by atoms with Gasteiger partial charge in [0.25, 0.3) is 11.1 Å². The largest absolute Gasteiger partial charge is 0.410 e. The summed E-state index contributed by atoms with van der Waals surface area (Å²) in [6.07, 6.45) is 1.95. The van der Waals surface area contributed by atoms with Gasteiger partial charge in [-0.05, 0) is 29.6 Å². The van der Waals surface area contributed by atoms with Gasteiger partial charge in [0.1, 0.15) is 0 Å². The summed E-state index contributed by atoms with van der Waals surface area (Å²) in [5.41, 5.74) is 2.01. The van der Waals surface area contributed by atoms with Crippen LogP contribution >= 0.6 is 23.1 Å². The second-order valence-corrected chi connectivity index (χ2v) is 6.60. The molecule has 0 atom stereocenters. The predicted octanol–water partition coefficient (Wildman–Crippen LogP) is 4.28. The number of para-hydroxylation sites is 1. The van der Waals surface area contributed by atoms with E-state index in [4.69, 9.17) is 4.42 Å². The van der Waals surface area contributed by atoms with Crippen LogP contribution in [0.4, 0.5) is 0 Å². The van der Waals surface area contributed by atoms with Gasteiger partial charge in [0.15, 0.2) is 0 Å². The second-order valence-electron chi connectivity index (χ2n) is 4.73. The molecule has 7 heteroatoms. The van der Waals surface area contributed by atoms with Crippen molar-refractivity contribution in [1.82, 2.24) is 20.0 Å². The van der Waals surface area contributed by atoms with Gasteiger partial charge in [0, 0.05) is 11.9 Å². The molecule has 3 heterocycles. The molecule has 0 aliphatic heterocycles. The molecular formula is C16H12N4OS2. The maximum atomic E-state index is 5.66. The maximum Gasteiger partial charge on any atom is 0.277 e. The Morgan fingerprint density at radius 3 is 2.78 bits per heavy atom. The van der Waals surface area contributed by atoms with Gasteiger partial charge in [-0.3, -0.25) is 0 Å². The third kappa shape index (κ3) is 3.20. The summed E-state index contributed by atoms with van der Waals surface area (Å²) in [7, 11) is 0. The van der Waals surface area contributed by atoms with Crippen LogP contribution < -0.4 is 0 Å². The third-order valence-electron chi connectivity index (χ3n) is 3.15. The van der Waals surface area contributed by atoms with E-state index in [0.717, 1.165) is 16.3 Å². The molecule has 0 spiro atoms. The molecule has 0 N–H and O–H groups in total. The molecule has 0 radical (unpaired) electrons. The van der Waals surface area contributed by atoms with Crippen molar-refractivity contribution in [3.8, 4) is 16.5 Å². The molecule has 0 aliphatic rings. The minimum atomic E-state index is 0.558. The van der Waals surface area contributed by atoms with E-state index in [0.29, 0.717) is 16.9 Å². The highest BCUT2D eigenvalue weighted by molar-refractivity contribution is 7.98. The fourth-order valence-electron chi connectivity index (χ4n) is 2.07. The number of hydrogen-bond acceptors (Lipinski definition) is 6. The van der Waals surface area contributed by atoms with E-state index in [1.54, 1.807) is 11.3 Å². The van der Waals surface area contributed by atoms with Gasteiger partial charge in [-0.15, -0.1) is 21.5 Å². The molecule has 114 valence electrons. The fraction of sp³-hybridized carbons (Fsp3) is 0.0625. The first-order chi connectivity index (χ1) is 11.4. The van der Waals surface area contributed by atoms with Gasteiger partial charge in [-0.25, -0.2) is 4.68 Å². The van der Waals surface area contributed by atoms with Crippen molar-refractivity contribution in [3.05, 3.63) is 65.8 Å². The Kier molecular flexibility index (Phi) is 3.95. The molecule has 0 saturated carbocycles. The summed E-state index contributed by atoms with van der Waals surface area (Å²) in [6.45, 7) is 0. The van der Waals surface area contributed by atoms with Crippen LogP contribution in [0.25, 0.3) is 16.5 Å². The molecule has 4 rings (SSSR count). The molecule has 3 aromatic heterocycles. The summed E-state index contributed by atoms with van der Waals surface area (Å²) in [4.78, 5) is 0.984. The minimum absolute atomic E-state index is 0.558. The first kappa shape index (κ1) is 14.2. The Balaban J connectivity index is 1.43. The Hall–Kier alpha value is -2.38. The van der Waals surface area contributed by atoms with E-state index in [-0.39, 0.29) is 0 Å². The van der Waals surface area contributed by atoms with Crippen LogP contribution in [0.1, 0.15) is 5.69 Å². The monoisotopic (exact) mass is 340 g/mol. The van der Waals surface area contributed by atoms with Crippen molar-refractivity contribution in [2.75, 3.05) is 0 Å². The van der Waals surface area contributed by atoms with Crippen LogP contribution in [-0.4, -0.2) is 20.0 Å². The Morgan fingerprint density at radius 2 is 1.96 bits per heavy atom. The van der Waals surface area contributed by atoms with Gasteiger partial charge in [-0.2, -0.15) is 5.10 Å². The average molecular weight is 340 g/mol. The van der Waals surface area contributed by atoms with Gasteiger partial charge >= 0.3 is 0 Å². The molecule has 23 heavy (non-hydrogen) atoms. The lowest BCUT2D eigenvalue weighted by atomic mass is 10.3. The summed E-state index contributed by atoms with van der Waals surface area (Å²) >= 11 is 3.07. The first-order valence-electron chi connectivity index (χ1n) is 6.99. The van der Waals surface area contributed by atoms with E-state index >= 15 is 0 Å². The normalized spacial score (nSPS) is 11.0. The second kappa shape index (κ2) is 6.39. The number of nitrogens with zero attached hydrogens (tertiary/aromatic N) is 4. The number of rotatable bonds is 5. The smallest absolute Gasteiger partial charge is 0.277 e. The Labute approximate surface area is 141 Å². The molecule has 0 fully saturated rings. The van der Waals surface area contributed by atoms with Crippen molar-refractivity contribution < 1.29 is 4.42 Å². The van der Waals surface area contributed by atoms with Gasteiger partial charge in [-0.1, -0.05) is 36.0 Å². The van der Waals surface area contributed by atoms with Gasteiger partial charge in [0.05, 0.1) is 16.3 Å². The van der Waals surface area contributed by atoms with E-state index in [2.05, 4.69) is 15.3 Å². The molecule has 0 unspecified atom stereocenters. The van der Waals surface area contributed by atoms with Crippen LogP contribution in [0.3, 0.4) is 0 Å². The van der Waals surface area contributed by atoms with E-state index in [1.807, 2.05) is 64.8 Å². The molecule has 5 nitrogen and oxygen atoms in total. The zero-order valence-corrected chi connectivity index (χ0v) is 13.6. The quantitative estimate of drug-likeness (QED) is 0.508. The molecule has 1 aromatic carbocycles. The summed E-state index contributed by atoms with van der Waals surface area (Å²) in [6, 6.07) is 16.0. The first-order valence-corrected chi connectivity index (χ1v) is 8.85. The molecular weight excluding hydrogens is 328 g/mol. The maximum absolute atomic E-state index is 5.66. The lowest BCUT2D eigenvalue weighted by molar-refractivity contribution is 0.466. The molecule has 0 amide bonds. The third-order valence-corrected chi connectivity index (χ3v) is 4.86. The summed E-state index contributed by atoms with van der Waals surface area (Å²) in [5, 5.41) is 15.2. The zero-order valence-electron chi connectivity index (χ0n) is 12.0. The topological polar surface area (TPSA) is 56.7 Å². The number of hydrogen-bond donors (Lipinski definition) is 0. The molecule has 0 bridgehead atoms. The zero-order chi connectivity index (χ0) is 15.5. The van der Waals surface area contributed by atoms with Crippen LogP contribution in [0.15, 0.2) is 69.7 Å². The lowest BCUT2D eigenvalue weighted by Gasteiger charge is -1.99. The summed E-state index contributed by atoms with van der Waals surface area (Å²) in [5.74, 6) is 1.25. The highest BCUT2D eigenvalue weighted by Gasteiger charge is 2.10.